The fraction of sp³-hybridized carbons (Fsp3) is 0.556. The fourth-order valence-electron chi connectivity index (χ4n) is 3.60. The van der Waals surface area contributed by atoms with Gasteiger partial charge in [-0.05, 0) is 24.8 Å². The summed E-state index contributed by atoms with van der Waals surface area (Å²) < 4.78 is 32.1. The van der Waals surface area contributed by atoms with Gasteiger partial charge < -0.3 is 9.64 Å². The molecule has 1 fully saturated rings. The highest BCUT2D eigenvalue weighted by molar-refractivity contribution is 5.42. The van der Waals surface area contributed by atoms with Crippen molar-refractivity contribution >= 4 is 5.82 Å². The fourth-order valence-corrected chi connectivity index (χ4v) is 3.60. The molecule has 0 saturated carbocycles. The summed E-state index contributed by atoms with van der Waals surface area (Å²) in [5.41, 5.74) is 1.22. The van der Waals surface area contributed by atoms with E-state index in [1.165, 1.54) is 10.9 Å². The number of fused-ring (bicyclic) bond motifs is 1. The van der Waals surface area contributed by atoms with E-state index in [0.717, 1.165) is 55.5 Å². The second-order valence-corrected chi connectivity index (χ2v) is 7.01. The third-order valence-corrected chi connectivity index (χ3v) is 5.21. The van der Waals surface area contributed by atoms with E-state index in [1.807, 2.05) is 0 Å². The van der Waals surface area contributed by atoms with Gasteiger partial charge in [0.15, 0.2) is 5.82 Å². The molecule has 0 N–H and O–H groups in total. The standard InChI is InChI=1S/C18H21F2N5O2/c19-18(20)15-8-17(26)25(11-21-15)9-12-1-4-24(5-2-12)16-7-13-10-27-6-3-14(13)22-23-16/h7-8,11-12,18H,1-6,9-10H2. The van der Waals surface area contributed by atoms with E-state index in [-0.39, 0.29) is 0 Å². The summed E-state index contributed by atoms with van der Waals surface area (Å²) in [5, 5.41) is 8.68. The van der Waals surface area contributed by atoms with Crippen LogP contribution in [0.5, 0.6) is 0 Å². The number of halogens is 2. The van der Waals surface area contributed by atoms with Crippen LogP contribution in [0.1, 0.15) is 36.2 Å². The minimum absolute atomic E-state index is 0.298. The third-order valence-electron chi connectivity index (χ3n) is 5.21. The summed E-state index contributed by atoms with van der Waals surface area (Å²) >= 11 is 0. The quantitative estimate of drug-likeness (QED) is 0.811. The molecule has 0 unspecified atom stereocenters. The molecule has 4 rings (SSSR count). The second kappa shape index (κ2) is 7.67. The number of hydrogen-bond acceptors (Lipinski definition) is 6. The lowest BCUT2D eigenvalue weighted by molar-refractivity contribution is 0.108. The molecule has 2 aromatic rings. The molecule has 2 aliphatic rings. The first-order valence-corrected chi connectivity index (χ1v) is 9.13. The molecule has 9 heteroatoms. The molecule has 0 amide bonds. The zero-order valence-corrected chi connectivity index (χ0v) is 14.9. The molecule has 2 aromatic heterocycles. The molecule has 0 aromatic carbocycles. The Hall–Kier alpha value is -2.42. The Labute approximate surface area is 155 Å². The minimum atomic E-state index is -2.72. The summed E-state index contributed by atoms with van der Waals surface area (Å²) in [5.74, 6) is 1.16. The van der Waals surface area contributed by atoms with Crippen LogP contribution >= 0.6 is 0 Å². The molecule has 2 aliphatic heterocycles. The van der Waals surface area contributed by atoms with Crippen LogP contribution in [-0.2, 0) is 24.3 Å². The average molecular weight is 377 g/mol. The first-order valence-electron chi connectivity index (χ1n) is 9.13. The second-order valence-electron chi connectivity index (χ2n) is 7.01. The molecule has 0 atom stereocenters. The van der Waals surface area contributed by atoms with E-state index < -0.39 is 17.7 Å². The minimum Gasteiger partial charge on any atom is -0.376 e. The van der Waals surface area contributed by atoms with Crippen LogP contribution < -0.4 is 10.5 Å². The molecule has 0 bridgehead atoms. The maximum atomic E-state index is 12.6. The zero-order chi connectivity index (χ0) is 18.8. The molecule has 7 nitrogen and oxygen atoms in total. The lowest BCUT2D eigenvalue weighted by Gasteiger charge is -2.33. The van der Waals surface area contributed by atoms with Crippen LogP contribution in [0.3, 0.4) is 0 Å². The van der Waals surface area contributed by atoms with Gasteiger partial charge in [-0.15, -0.1) is 5.10 Å². The lowest BCUT2D eigenvalue weighted by Crippen LogP contribution is -2.37. The maximum Gasteiger partial charge on any atom is 0.280 e. The average Bonchev–Trinajstić information content (AvgIpc) is 2.69. The molecule has 144 valence electrons. The van der Waals surface area contributed by atoms with Crippen molar-refractivity contribution in [1.82, 2.24) is 19.7 Å². The van der Waals surface area contributed by atoms with Crippen molar-refractivity contribution in [2.75, 3.05) is 24.6 Å². The van der Waals surface area contributed by atoms with E-state index in [0.29, 0.717) is 25.7 Å². The van der Waals surface area contributed by atoms with Crippen molar-refractivity contribution < 1.29 is 13.5 Å². The Balaban J connectivity index is 1.37. The summed E-state index contributed by atoms with van der Waals surface area (Å²) in [7, 11) is 0. The Morgan fingerprint density at radius 2 is 2.04 bits per heavy atom. The molecule has 0 radical (unpaired) electrons. The number of rotatable bonds is 4. The molecule has 0 spiro atoms. The Morgan fingerprint density at radius 1 is 1.22 bits per heavy atom. The highest BCUT2D eigenvalue weighted by atomic mass is 19.3. The van der Waals surface area contributed by atoms with Crippen LogP contribution in [0.25, 0.3) is 0 Å². The molecular weight excluding hydrogens is 356 g/mol. The number of hydrogen-bond donors (Lipinski definition) is 0. The Bertz CT molecular complexity index is 865. The van der Waals surface area contributed by atoms with E-state index in [1.54, 1.807) is 0 Å². The lowest BCUT2D eigenvalue weighted by atomic mass is 9.96. The van der Waals surface area contributed by atoms with Crippen molar-refractivity contribution in [3.63, 3.8) is 0 Å². The van der Waals surface area contributed by atoms with Crippen LogP contribution in [0, 0.1) is 5.92 Å². The Kier molecular flexibility index (Phi) is 5.11. The monoisotopic (exact) mass is 377 g/mol. The molecule has 27 heavy (non-hydrogen) atoms. The predicted molar refractivity (Wildman–Crippen MR) is 93.8 cm³/mol. The summed E-state index contributed by atoms with van der Waals surface area (Å²) in [4.78, 5) is 17.9. The van der Waals surface area contributed by atoms with Gasteiger partial charge in [0, 0.05) is 37.7 Å². The van der Waals surface area contributed by atoms with Gasteiger partial charge in [0.25, 0.3) is 12.0 Å². The SMILES string of the molecule is O=c1cc(C(F)F)ncn1CC1CCN(c2cc3c(nn2)CCOC3)CC1. The molecule has 1 saturated heterocycles. The largest absolute Gasteiger partial charge is 0.376 e. The van der Waals surface area contributed by atoms with Gasteiger partial charge in [-0.2, -0.15) is 5.10 Å². The first kappa shape index (κ1) is 18.0. The van der Waals surface area contributed by atoms with E-state index >= 15 is 0 Å². The van der Waals surface area contributed by atoms with Gasteiger partial charge in [0.2, 0.25) is 0 Å². The van der Waals surface area contributed by atoms with Gasteiger partial charge in [0.1, 0.15) is 5.69 Å². The number of ether oxygens (including phenoxy) is 1. The van der Waals surface area contributed by atoms with Gasteiger partial charge in [-0.3, -0.25) is 9.36 Å². The smallest absolute Gasteiger partial charge is 0.280 e. The zero-order valence-electron chi connectivity index (χ0n) is 14.9. The van der Waals surface area contributed by atoms with Crippen molar-refractivity contribution in [3.8, 4) is 0 Å². The summed E-state index contributed by atoms with van der Waals surface area (Å²) in [6.07, 6.45) is 1.08. The van der Waals surface area contributed by atoms with Gasteiger partial charge in [-0.1, -0.05) is 0 Å². The highest BCUT2D eigenvalue weighted by Gasteiger charge is 2.23. The van der Waals surface area contributed by atoms with Crippen molar-refractivity contribution in [1.29, 1.82) is 0 Å². The number of piperidine rings is 1. The van der Waals surface area contributed by atoms with E-state index in [4.69, 9.17) is 4.74 Å². The number of alkyl halides is 2. The number of nitrogens with zero attached hydrogens (tertiary/aromatic N) is 5. The molecule has 4 heterocycles. The van der Waals surface area contributed by atoms with Crippen LogP contribution in [-0.4, -0.2) is 39.4 Å². The normalized spacial score (nSPS) is 18.0. The third kappa shape index (κ3) is 3.97. The van der Waals surface area contributed by atoms with Gasteiger partial charge >= 0.3 is 0 Å². The van der Waals surface area contributed by atoms with Crippen LogP contribution in [0.2, 0.25) is 0 Å². The summed E-state index contributed by atoms with van der Waals surface area (Å²) in [6, 6.07) is 2.98. The van der Waals surface area contributed by atoms with Gasteiger partial charge in [-0.25, -0.2) is 13.8 Å². The maximum absolute atomic E-state index is 12.6. The number of aromatic nitrogens is 4. The summed E-state index contributed by atoms with van der Waals surface area (Å²) in [6.45, 7) is 3.40. The van der Waals surface area contributed by atoms with Crippen molar-refractivity contribution in [2.45, 2.75) is 38.8 Å². The van der Waals surface area contributed by atoms with Crippen molar-refractivity contribution in [2.24, 2.45) is 5.92 Å². The highest BCUT2D eigenvalue weighted by Crippen LogP contribution is 2.25. The van der Waals surface area contributed by atoms with Gasteiger partial charge in [0.05, 0.1) is 25.2 Å². The molecule has 0 aliphatic carbocycles. The predicted octanol–water partition coefficient (Wildman–Crippen LogP) is 1.96. The van der Waals surface area contributed by atoms with Crippen molar-refractivity contribution in [3.05, 3.63) is 45.8 Å². The topological polar surface area (TPSA) is 73.1 Å². The Morgan fingerprint density at radius 3 is 2.78 bits per heavy atom. The van der Waals surface area contributed by atoms with Crippen LogP contribution in [0.4, 0.5) is 14.6 Å². The van der Waals surface area contributed by atoms with Crippen LogP contribution in [0.15, 0.2) is 23.3 Å². The first-order chi connectivity index (χ1) is 13.1. The molecular formula is C18H21F2N5O2. The van der Waals surface area contributed by atoms with E-state index in [9.17, 15) is 13.6 Å². The van der Waals surface area contributed by atoms with E-state index in [2.05, 4.69) is 26.1 Å². The number of anilines is 1.